The van der Waals surface area contributed by atoms with Crippen molar-refractivity contribution < 1.29 is 0 Å². The minimum Gasteiger partial charge on any atom is -0.310 e. The zero-order valence-corrected chi connectivity index (χ0v) is 14.6. The van der Waals surface area contributed by atoms with E-state index in [2.05, 4.69) is 46.0 Å². The third kappa shape index (κ3) is 6.43. The average Bonchev–Trinajstić information content (AvgIpc) is 2.33. The lowest BCUT2D eigenvalue weighted by Crippen LogP contribution is -2.36. The van der Waals surface area contributed by atoms with Gasteiger partial charge in [0, 0.05) is 6.04 Å². The van der Waals surface area contributed by atoms with Crippen molar-refractivity contribution in [3.63, 3.8) is 0 Å². The Kier molecular flexibility index (Phi) is 7.87. The number of allylic oxidation sites excluding steroid dienone is 1. The predicted octanol–water partition coefficient (Wildman–Crippen LogP) is 5.71. The Balaban J connectivity index is 2.70. The maximum atomic E-state index is 3.82. The molecule has 1 aliphatic carbocycles. The smallest absolute Gasteiger partial charge is 0.0282 e. The number of rotatable bonds is 6. The Labute approximate surface area is 127 Å². The molecule has 0 amide bonds. The van der Waals surface area contributed by atoms with Gasteiger partial charge in [-0.05, 0) is 56.4 Å². The van der Waals surface area contributed by atoms with Crippen LogP contribution < -0.4 is 5.32 Å². The minimum absolute atomic E-state index is 0.411. The zero-order chi connectivity index (χ0) is 15.0. The molecule has 0 aromatic heterocycles. The molecule has 2 atom stereocenters. The average molecular weight is 280 g/mol. The molecule has 20 heavy (non-hydrogen) atoms. The minimum atomic E-state index is 0.411. The Morgan fingerprint density at radius 1 is 1.15 bits per heavy atom. The number of hydrogen-bond acceptors (Lipinski definition) is 1. The summed E-state index contributed by atoms with van der Waals surface area (Å²) >= 11 is 0. The Bertz CT molecular complexity index is 285. The molecule has 0 saturated carbocycles. The molecule has 1 nitrogen and oxygen atoms in total. The van der Waals surface area contributed by atoms with Crippen LogP contribution in [0.4, 0.5) is 0 Å². The van der Waals surface area contributed by atoms with Crippen LogP contribution in [0.15, 0.2) is 11.6 Å². The van der Waals surface area contributed by atoms with Crippen molar-refractivity contribution in [3.8, 4) is 0 Å². The fraction of sp³-hybridized carbons (Fsp3) is 0.895. The van der Waals surface area contributed by atoms with Gasteiger partial charge in [0.2, 0.25) is 0 Å². The highest BCUT2D eigenvalue weighted by Crippen LogP contribution is 2.32. The van der Waals surface area contributed by atoms with E-state index >= 15 is 0 Å². The summed E-state index contributed by atoms with van der Waals surface area (Å²) in [5.74, 6) is 0.753. The van der Waals surface area contributed by atoms with Crippen molar-refractivity contribution in [2.75, 3.05) is 6.54 Å². The molecule has 2 unspecified atom stereocenters. The van der Waals surface area contributed by atoms with Gasteiger partial charge in [0.1, 0.15) is 0 Å². The van der Waals surface area contributed by atoms with E-state index in [4.69, 9.17) is 0 Å². The fourth-order valence-electron chi connectivity index (χ4n) is 2.92. The van der Waals surface area contributed by atoms with Crippen LogP contribution in [0.25, 0.3) is 0 Å². The lowest BCUT2D eigenvalue weighted by atomic mass is 9.77. The number of nitrogens with one attached hydrogen (secondary N) is 1. The molecule has 1 N–H and O–H groups in total. The first-order chi connectivity index (χ1) is 9.45. The SMILES string of the molecule is CCCNC(CC(C)C(C)(C)C)C1=CCCCCCC1. The summed E-state index contributed by atoms with van der Waals surface area (Å²) < 4.78 is 0. The second-order valence-electron chi connectivity index (χ2n) is 7.74. The normalized spacial score (nSPS) is 20.8. The monoisotopic (exact) mass is 279 g/mol. The molecule has 0 aromatic rings. The highest BCUT2D eigenvalue weighted by Gasteiger charge is 2.25. The first-order valence-corrected chi connectivity index (χ1v) is 8.87. The molecule has 0 heterocycles. The molecule has 0 aliphatic heterocycles. The molecular formula is C19H37N. The Morgan fingerprint density at radius 3 is 2.50 bits per heavy atom. The van der Waals surface area contributed by atoms with Crippen LogP contribution in [0, 0.1) is 11.3 Å². The van der Waals surface area contributed by atoms with Gasteiger partial charge in [0.15, 0.2) is 0 Å². The van der Waals surface area contributed by atoms with E-state index < -0.39 is 0 Å². The van der Waals surface area contributed by atoms with Crippen LogP contribution >= 0.6 is 0 Å². The summed E-state index contributed by atoms with van der Waals surface area (Å²) in [7, 11) is 0. The Morgan fingerprint density at radius 2 is 1.85 bits per heavy atom. The lowest BCUT2D eigenvalue weighted by molar-refractivity contribution is 0.229. The third-order valence-corrected chi connectivity index (χ3v) is 4.98. The lowest BCUT2D eigenvalue weighted by Gasteiger charge is -2.33. The number of hydrogen-bond donors (Lipinski definition) is 1. The topological polar surface area (TPSA) is 12.0 Å². The summed E-state index contributed by atoms with van der Waals surface area (Å²) in [6, 6.07) is 0.613. The van der Waals surface area contributed by atoms with Crippen LogP contribution in [-0.2, 0) is 0 Å². The quantitative estimate of drug-likeness (QED) is 0.614. The molecule has 0 fully saturated rings. The third-order valence-electron chi connectivity index (χ3n) is 4.98. The van der Waals surface area contributed by atoms with Gasteiger partial charge in [-0.15, -0.1) is 0 Å². The highest BCUT2D eigenvalue weighted by atomic mass is 14.9. The first-order valence-electron chi connectivity index (χ1n) is 8.87. The van der Waals surface area contributed by atoms with Crippen molar-refractivity contribution in [2.45, 2.75) is 92.0 Å². The standard InChI is InChI=1S/C19H37N/c1-6-14-20-18(15-16(2)19(3,4)5)17-12-10-8-7-9-11-13-17/h12,16,18,20H,6-11,13-15H2,1-5H3. The molecule has 0 radical (unpaired) electrons. The van der Waals surface area contributed by atoms with Crippen LogP contribution in [-0.4, -0.2) is 12.6 Å². The molecule has 0 bridgehead atoms. The molecule has 1 rings (SSSR count). The largest absolute Gasteiger partial charge is 0.310 e. The second kappa shape index (κ2) is 8.87. The van der Waals surface area contributed by atoms with Crippen molar-refractivity contribution in [1.82, 2.24) is 5.32 Å². The summed E-state index contributed by atoms with van der Waals surface area (Å²) in [4.78, 5) is 0. The van der Waals surface area contributed by atoms with Gasteiger partial charge in [0.05, 0.1) is 0 Å². The summed E-state index contributed by atoms with van der Waals surface area (Å²) in [6.45, 7) is 13.0. The van der Waals surface area contributed by atoms with E-state index in [1.165, 1.54) is 51.4 Å². The van der Waals surface area contributed by atoms with E-state index in [1.54, 1.807) is 5.57 Å². The summed E-state index contributed by atoms with van der Waals surface area (Å²) in [6.07, 6.45) is 13.3. The van der Waals surface area contributed by atoms with Gasteiger partial charge in [-0.2, -0.15) is 0 Å². The van der Waals surface area contributed by atoms with Crippen molar-refractivity contribution in [2.24, 2.45) is 11.3 Å². The molecule has 0 saturated heterocycles. The van der Waals surface area contributed by atoms with E-state index in [9.17, 15) is 0 Å². The maximum absolute atomic E-state index is 3.82. The van der Waals surface area contributed by atoms with Crippen molar-refractivity contribution in [3.05, 3.63) is 11.6 Å². The van der Waals surface area contributed by atoms with E-state index in [1.807, 2.05) is 0 Å². The van der Waals surface area contributed by atoms with Crippen LogP contribution in [0.5, 0.6) is 0 Å². The highest BCUT2D eigenvalue weighted by molar-refractivity contribution is 5.12. The van der Waals surface area contributed by atoms with Gasteiger partial charge < -0.3 is 5.32 Å². The van der Waals surface area contributed by atoms with Gasteiger partial charge in [-0.3, -0.25) is 0 Å². The molecule has 0 aromatic carbocycles. The maximum Gasteiger partial charge on any atom is 0.0282 e. The fourth-order valence-corrected chi connectivity index (χ4v) is 2.92. The van der Waals surface area contributed by atoms with Gasteiger partial charge in [0.25, 0.3) is 0 Å². The van der Waals surface area contributed by atoms with Crippen LogP contribution in [0.1, 0.15) is 86.0 Å². The van der Waals surface area contributed by atoms with Crippen molar-refractivity contribution >= 4 is 0 Å². The van der Waals surface area contributed by atoms with Gasteiger partial charge >= 0.3 is 0 Å². The van der Waals surface area contributed by atoms with Crippen LogP contribution in [0.2, 0.25) is 0 Å². The van der Waals surface area contributed by atoms with E-state index in [0.29, 0.717) is 11.5 Å². The van der Waals surface area contributed by atoms with E-state index in [-0.39, 0.29) is 0 Å². The molecule has 0 spiro atoms. The predicted molar refractivity (Wildman–Crippen MR) is 91.1 cm³/mol. The summed E-state index contributed by atoms with van der Waals surface area (Å²) in [5.41, 5.74) is 2.11. The Hall–Kier alpha value is -0.300. The first kappa shape index (κ1) is 17.8. The van der Waals surface area contributed by atoms with Gasteiger partial charge in [-0.1, -0.05) is 59.1 Å². The molecular weight excluding hydrogens is 242 g/mol. The van der Waals surface area contributed by atoms with Crippen molar-refractivity contribution in [1.29, 1.82) is 0 Å². The van der Waals surface area contributed by atoms with Crippen LogP contribution in [0.3, 0.4) is 0 Å². The second-order valence-corrected chi connectivity index (χ2v) is 7.74. The van der Waals surface area contributed by atoms with E-state index in [0.717, 1.165) is 12.5 Å². The summed E-state index contributed by atoms with van der Waals surface area (Å²) in [5, 5.41) is 3.82. The zero-order valence-electron chi connectivity index (χ0n) is 14.6. The molecule has 118 valence electrons. The molecule has 1 aliphatic rings. The van der Waals surface area contributed by atoms with Gasteiger partial charge in [-0.25, -0.2) is 0 Å². The molecule has 1 heteroatoms.